The number of hydrogen-bond acceptors (Lipinski definition) is 3. The van der Waals surface area contributed by atoms with Crippen LogP contribution in [0.4, 0.5) is 27.6 Å². The van der Waals surface area contributed by atoms with Crippen LogP contribution in [0.3, 0.4) is 0 Å². The first-order valence-corrected chi connectivity index (χ1v) is 5.44. The molecule has 0 atom stereocenters. The van der Waals surface area contributed by atoms with E-state index in [1.165, 1.54) is 0 Å². The lowest BCUT2D eigenvalue weighted by atomic mass is 10.2. The molecule has 0 amide bonds. The maximum absolute atomic E-state index is 12.8. The van der Waals surface area contributed by atoms with Crippen molar-refractivity contribution in [1.29, 1.82) is 0 Å². The number of anilines is 1. The summed E-state index contributed by atoms with van der Waals surface area (Å²) in [6.07, 6.45) is -6.19. The highest BCUT2D eigenvalue weighted by atomic mass is 35.5. The average Bonchev–Trinajstić information content (AvgIpc) is 2.69. The summed E-state index contributed by atoms with van der Waals surface area (Å²) in [6.45, 7) is 0. The molecule has 2 rings (SSSR count). The standard InChI is InChI=1S/C10H6ClF5N4/c11-5-1-4(10(14,15)16)2-18-9(5)20-7(8(12)13)6(17)3-19-20/h1-3,8H,17H2. The molecule has 0 fully saturated rings. The summed E-state index contributed by atoms with van der Waals surface area (Å²) in [5.41, 5.74) is 3.23. The van der Waals surface area contributed by atoms with Gasteiger partial charge in [0, 0.05) is 6.20 Å². The molecule has 2 aromatic rings. The van der Waals surface area contributed by atoms with Crippen molar-refractivity contribution in [3.05, 3.63) is 34.7 Å². The van der Waals surface area contributed by atoms with Crippen molar-refractivity contribution >= 4 is 17.3 Å². The molecular formula is C10H6ClF5N4. The van der Waals surface area contributed by atoms with E-state index in [9.17, 15) is 22.0 Å². The minimum absolute atomic E-state index is 0.308. The Morgan fingerprint density at radius 2 is 1.90 bits per heavy atom. The summed E-state index contributed by atoms with van der Waals surface area (Å²) in [5, 5.41) is 3.08. The molecule has 0 saturated carbocycles. The van der Waals surface area contributed by atoms with Crippen LogP contribution in [0.25, 0.3) is 5.82 Å². The van der Waals surface area contributed by atoms with Gasteiger partial charge in [0.1, 0.15) is 5.69 Å². The van der Waals surface area contributed by atoms with Gasteiger partial charge in [0.05, 0.1) is 22.5 Å². The van der Waals surface area contributed by atoms with Gasteiger partial charge in [-0.3, -0.25) is 0 Å². The van der Waals surface area contributed by atoms with Gasteiger partial charge in [-0.15, -0.1) is 0 Å². The molecule has 0 aromatic carbocycles. The summed E-state index contributed by atoms with van der Waals surface area (Å²) < 4.78 is 63.6. The number of alkyl halides is 5. The molecule has 0 spiro atoms. The van der Waals surface area contributed by atoms with E-state index in [2.05, 4.69) is 10.1 Å². The Kier molecular flexibility index (Phi) is 3.55. The van der Waals surface area contributed by atoms with E-state index in [0.717, 1.165) is 6.20 Å². The zero-order valence-corrected chi connectivity index (χ0v) is 10.3. The number of pyridine rings is 1. The molecule has 0 bridgehead atoms. The van der Waals surface area contributed by atoms with E-state index in [0.29, 0.717) is 16.9 Å². The highest BCUT2D eigenvalue weighted by molar-refractivity contribution is 6.32. The summed E-state index contributed by atoms with van der Waals surface area (Å²) in [7, 11) is 0. The fraction of sp³-hybridized carbons (Fsp3) is 0.200. The molecule has 20 heavy (non-hydrogen) atoms. The van der Waals surface area contributed by atoms with Crippen molar-refractivity contribution in [3.8, 4) is 5.82 Å². The van der Waals surface area contributed by atoms with Crippen LogP contribution in [-0.4, -0.2) is 14.8 Å². The summed E-state index contributed by atoms with van der Waals surface area (Å²) in [6, 6.07) is 0.580. The van der Waals surface area contributed by atoms with Crippen molar-refractivity contribution < 1.29 is 22.0 Å². The van der Waals surface area contributed by atoms with E-state index in [4.69, 9.17) is 17.3 Å². The van der Waals surface area contributed by atoms with Gasteiger partial charge in [-0.1, -0.05) is 11.6 Å². The second kappa shape index (κ2) is 4.89. The van der Waals surface area contributed by atoms with Gasteiger partial charge >= 0.3 is 6.18 Å². The van der Waals surface area contributed by atoms with Crippen LogP contribution >= 0.6 is 11.6 Å². The van der Waals surface area contributed by atoms with E-state index in [-0.39, 0.29) is 11.5 Å². The molecule has 0 aliphatic carbocycles. The van der Waals surface area contributed by atoms with Crippen molar-refractivity contribution in [2.24, 2.45) is 0 Å². The molecule has 2 aromatic heterocycles. The normalized spacial score (nSPS) is 12.2. The van der Waals surface area contributed by atoms with Crippen molar-refractivity contribution in [3.63, 3.8) is 0 Å². The maximum atomic E-state index is 12.8. The predicted octanol–water partition coefficient (Wildman–Crippen LogP) is 3.46. The van der Waals surface area contributed by atoms with Crippen molar-refractivity contribution in [2.45, 2.75) is 12.6 Å². The van der Waals surface area contributed by atoms with Gasteiger partial charge in [0.25, 0.3) is 6.43 Å². The van der Waals surface area contributed by atoms with Crippen LogP contribution in [0.1, 0.15) is 17.7 Å². The van der Waals surface area contributed by atoms with E-state index in [1.54, 1.807) is 0 Å². The first-order chi connectivity index (χ1) is 9.21. The SMILES string of the molecule is Nc1cnn(-c2ncc(C(F)(F)F)cc2Cl)c1C(F)F. The number of hydrogen-bond donors (Lipinski definition) is 1. The molecule has 0 aliphatic rings. The van der Waals surface area contributed by atoms with Crippen molar-refractivity contribution in [1.82, 2.24) is 14.8 Å². The molecule has 0 saturated heterocycles. The molecule has 2 heterocycles. The lowest BCUT2D eigenvalue weighted by Gasteiger charge is -2.11. The van der Waals surface area contributed by atoms with E-state index in [1.807, 2.05) is 0 Å². The Labute approximate surface area is 114 Å². The zero-order chi connectivity index (χ0) is 15.1. The highest BCUT2D eigenvalue weighted by Crippen LogP contribution is 2.33. The number of halogens is 6. The first-order valence-electron chi connectivity index (χ1n) is 5.06. The summed E-state index contributed by atoms with van der Waals surface area (Å²) in [4.78, 5) is 3.43. The summed E-state index contributed by atoms with van der Waals surface area (Å²) >= 11 is 5.65. The third kappa shape index (κ3) is 2.53. The zero-order valence-electron chi connectivity index (χ0n) is 9.50. The molecule has 0 radical (unpaired) electrons. The number of nitrogens with two attached hydrogens (primary N) is 1. The molecule has 4 nitrogen and oxygen atoms in total. The number of aromatic nitrogens is 3. The largest absolute Gasteiger partial charge is 0.417 e. The third-order valence-electron chi connectivity index (χ3n) is 2.39. The number of nitrogens with zero attached hydrogens (tertiary/aromatic N) is 3. The number of nitrogen functional groups attached to an aromatic ring is 1. The molecule has 108 valence electrons. The van der Waals surface area contributed by atoms with Gasteiger partial charge in [0.15, 0.2) is 5.82 Å². The topological polar surface area (TPSA) is 56.7 Å². The minimum atomic E-state index is -4.64. The first kappa shape index (κ1) is 14.5. The lowest BCUT2D eigenvalue weighted by Crippen LogP contribution is -2.10. The molecule has 10 heteroatoms. The smallest absolute Gasteiger partial charge is 0.396 e. The Morgan fingerprint density at radius 3 is 2.40 bits per heavy atom. The van der Waals surface area contributed by atoms with Crippen molar-refractivity contribution in [2.75, 3.05) is 5.73 Å². The Bertz CT molecular complexity index is 637. The van der Waals surface area contributed by atoms with Gasteiger partial charge in [-0.05, 0) is 6.07 Å². The monoisotopic (exact) mass is 312 g/mol. The van der Waals surface area contributed by atoms with Crippen LogP contribution in [-0.2, 0) is 6.18 Å². The summed E-state index contributed by atoms with van der Waals surface area (Å²) in [5.74, 6) is -0.355. The Balaban J connectivity index is 2.55. The van der Waals surface area contributed by atoms with Crippen LogP contribution in [0.15, 0.2) is 18.5 Å². The molecule has 0 unspecified atom stereocenters. The fourth-order valence-electron chi connectivity index (χ4n) is 1.50. The van der Waals surface area contributed by atoms with Crippen LogP contribution in [0.2, 0.25) is 5.02 Å². The van der Waals surface area contributed by atoms with Gasteiger partial charge in [-0.25, -0.2) is 18.4 Å². The molecule has 2 N–H and O–H groups in total. The Hall–Kier alpha value is -1.90. The second-order valence-corrected chi connectivity index (χ2v) is 4.13. The number of rotatable bonds is 2. The average molecular weight is 313 g/mol. The highest BCUT2D eigenvalue weighted by Gasteiger charge is 2.32. The second-order valence-electron chi connectivity index (χ2n) is 3.72. The maximum Gasteiger partial charge on any atom is 0.417 e. The fourth-order valence-corrected chi connectivity index (χ4v) is 1.75. The molecule has 0 aliphatic heterocycles. The van der Waals surface area contributed by atoms with Crippen LogP contribution < -0.4 is 5.73 Å². The third-order valence-corrected chi connectivity index (χ3v) is 2.67. The van der Waals surface area contributed by atoms with E-state index < -0.39 is 28.9 Å². The van der Waals surface area contributed by atoms with E-state index >= 15 is 0 Å². The minimum Gasteiger partial charge on any atom is -0.396 e. The van der Waals surface area contributed by atoms with Crippen LogP contribution in [0, 0.1) is 0 Å². The lowest BCUT2D eigenvalue weighted by molar-refractivity contribution is -0.137. The van der Waals surface area contributed by atoms with Gasteiger partial charge in [-0.2, -0.15) is 18.3 Å². The van der Waals surface area contributed by atoms with Gasteiger partial charge in [0.2, 0.25) is 0 Å². The van der Waals surface area contributed by atoms with Crippen LogP contribution in [0.5, 0.6) is 0 Å². The Morgan fingerprint density at radius 1 is 1.25 bits per heavy atom. The quantitative estimate of drug-likeness (QED) is 0.864. The predicted molar refractivity (Wildman–Crippen MR) is 60.7 cm³/mol. The molecular weight excluding hydrogens is 307 g/mol. The van der Waals surface area contributed by atoms with Gasteiger partial charge < -0.3 is 5.73 Å².